The van der Waals surface area contributed by atoms with Crippen LogP contribution in [0.4, 0.5) is 5.69 Å². The van der Waals surface area contributed by atoms with E-state index in [0.717, 1.165) is 17.7 Å². The van der Waals surface area contributed by atoms with Crippen molar-refractivity contribution in [2.24, 2.45) is 0 Å². The molecule has 28 heavy (non-hydrogen) atoms. The third-order valence-electron chi connectivity index (χ3n) is 4.51. The van der Waals surface area contributed by atoms with Gasteiger partial charge >= 0.3 is 0 Å². The van der Waals surface area contributed by atoms with Gasteiger partial charge in [-0.25, -0.2) is 0 Å². The van der Waals surface area contributed by atoms with Crippen molar-refractivity contribution < 1.29 is 19.1 Å². The van der Waals surface area contributed by atoms with Gasteiger partial charge in [0.1, 0.15) is 0 Å². The molecule has 5 nitrogen and oxygen atoms in total. The van der Waals surface area contributed by atoms with E-state index in [2.05, 4.69) is 0 Å². The number of ketones is 1. The molecule has 0 spiro atoms. The highest BCUT2D eigenvalue weighted by Crippen LogP contribution is 2.33. The van der Waals surface area contributed by atoms with Crippen LogP contribution in [0.2, 0.25) is 0 Å². The first-order valence-electron chi connectivity index (χ1n) is 9.46. The molecule has 0 aromatic heterocycles. The van der Waals surface area contributed by atoms with Crippen LogP contribution in [-0.4, -0.2) is 31.4 Å². The molecule has 0 aliphatic carbocycles. The Morgan fingerprint density at radius 2 is 1.96 bits per heavy atom. The zero-order chi connectivity index (χ0) is 20.1. The number of ether oxygens (including phenoxy) is 2. The minimum atomic E-state index is -0.133. The topological polar surface area (TPSA) is 55.8 Å². The molecule has 0 saturated carbocycles. The maximum Gasteiger partial charge on any atom is 0.227 e. The molecular formula is C23H25NO4. The van der Waals surface area contributed by atoms with E-state index >= 15 is 0 Å². The van der Waals surface area contributed by atoms with E-state index in [-0.39, 0.29) is 17.8 Å². The van der Waals surface area contributed by atoms with Gasteiger partial charge in [-0.05, 0) is 50.6 Å². The predicted molar refractivity (Wildman–Crippen MR) is 110 cm³/mol. The van der Waals surface area contributed by atoms with Crippen molar-refractivity contribution in [1.29, 1.82) is 0 Å². The fourth-order valence-electron chi connectivity index (χ4n) is 3.20. The Morgan fingerprint density at radius 1 is 1.18 bits per heavy atom. The highest BCUT2D eigenvalue weighted by molar-refractivity contribution is 6.08. The standard InChI is InChI=1S/C23H25NO4/c1-16(2)28-23-17(7-5-10-21(23)27-3)12-13-20(25)18-8-4-9-19(15-18)24-14-6-11-22(24)26/h4-5,7-10,12-13,15-16H,6,11,14H2,1-3H3/b13-12+. The highest BCUT2D eigenvalue weighted by atomic mass is 16.5. The number of rotatable bonds is 7. The molecule has 2 aromatic carbocycles. The Morgan fingerprint density at radius 3 is 2.64 bits per heavy atom. The van der Waals surface area contributed by atoms with Gasteiger partial charge in [-0.15, -0.1) is 0 Å². The normalized spacial score (nSPS) is 14.1. The van der Waals surface area contributed by atoms with Gasteiger partial charge in [0.2, 0.25) is 5.91 Å². The number of amides is 1. The quantitative estimate of drug-likeness (QED) is 0.525. The van der Waals surface area contributed by atoms with Gasteiger partial charge in [-0.3, -0.25) is 9.59 Å². The van der Waals surface area contributed by atoms with Crippen LogP contribution >= 0.6 is 0 Å². The van der Waals surface area contributed by atoms with E-state index in [1.807, 2.05) is 38.1 Å². The lowest BCUT2D eigenvalue weighted by molar-refractivity contribution is -0.117. The number of allylic oxidation sites excluding steroid dienone is 1. The maximum atomic E-state index is 12.7. The average Bonchev–Trinajstić information content (AvgIpc) is 3.12. The summed E-state index contributed by atoms with van der Waals surface area (Å²) in [7, 11) is 1.59. The molecule has 0 N–H and O–H groups in total. The number of carbonyl (C=O) groups excluding carboxylic acids is 2. The van der Waals surface area contributed by atoms with Gasteiger partial charge in [-0.2, -0.15) is 0 Å². The summed E-state index contributed by atoms with van der Waals surface area (Å²) in [6.45, 7) is 4.58. The number of methoxy groups -OCH3 is 1. The molecule has 0 unspecified atom stereocenters. The molecule has 1 heterocycles. The summed E-state index contributed by atoms with van der Waals surface area (Å²) in [5.74, 6) is 1.21. The fourth-order valence-corrected chi connectivity index (χ4v) is 3.20. The number of hydrogen-bond donors (Lipinski definition) is 0. The minimum absolute atomic E-state index is 0.0196. The second kappa shape index (κ2) is 8.74. The molecular weight excluding hydrogens is 354 g/mol. The molecule has 146 valence electrons. The Hall–Kier alpha value is -3.08. The van der Waals surface area contributed by atoms with Crippen LogP contribution in [0.25, 0.3) is 6.08 Å². The van der Waals surface area contributed by atoms with Crippen LogP contribution in [0.5, 0.6) is 11.5 Å². The van der Waals surface area contributed by atoms with Gasteiger partial charge in [-0.1, -0.05) is 24.3 Å². The number of hydrogen-bond acceptors (Lipinski definition) is 4. The van der Waals surface area contributed by atoms with Crippen LogP contribution in [-0.2, 0) is 4.79 Å². The lowest BCUT2D eigenvalue weighted by Crippen LogP contribution is -2.23. The minimum Gasteiger partial charge on any atom is -0.493 e. The van der Waals surface area contributed by atoms with Crippen LogP contribution in [0.15, 0.2) is 48.5 Å². The van der Waals surface area contributed by atoms with E-state index in [9.17, 15) is 9.59 Å². The monoisotopic (exact) mass is 379 g/mol. The number of para-hydroxylation sites is 1. The number of benzene rings is 2. The zero-order valence-electron chi connectivity index (χ0n) is 16.5. The largest absolute Gasteiger partial charge is 0.493 e. The van der Waals surface area contributed by atoms with Gasteiger partial charge in [0, 0.05) is 29.8 Å². The smallest absolute Gasteiger partial charge is 0.227 e. The molecule has 1 aliphatic heterocycles. The van der Waals surface area contributed by atoms with Crippen LogP contribution in [0.1, 0.15) is 42.6 Å². The predicted octanol–water partition coefficient (Wildman–Crippen LogP) is 4.51. The number of carbonyl (C=O) groups is 2. The summed E-state index contributed by atoms with van der Waals surface area (Å²) in [6.07, 6.45) is 4.65. The zero-order valence-corrected chi connectivity index (χ0v) is 16.5. The van der Waals surface area contributed by atoms with Gasteiger partial charge in [0.25, 0.3) is 0 Å². The molecule has 1 fully saturated rings. The molecule has 1 saturated heterocycles. The summed E-state index contributed by atoms with van der Waals surface area (Å²) in [5.41, 5.74) is 2.09. The van der Waals surface area contributed by atoms with E-state index in [0.29, 0.717) is 30.0 Å². The lowest BCUT2D eigenvalue weighted by atomic mass is 10.1. The lowest BCUT2D eigenvalue weighted by Gasteiger charge is -2.16. The molecule has 5 heteroatoms. The second-order valence-corrected chi connectivity index (χ2v) is 6.94. The van der Waals surface area contributed by atoms with Crippen molar-refractivity contribution in [3.8, 4) is 11.5 Å². The van der Waals surface area contributed by atoms with Crippen LogP contribution < -0.4 is 14.4 Å². The first kappa shape index (κ1) is 19.7. The fraction of sp³-hybridized carbons (Fsp3) is 0.304. The van der Waals surface area contributed by atoms with E-state index in [1.54, 1.807) is 36.3 Å². The Kier molecular flexibility index (Phi) is 6.14. The summed E-state index contributed by atoms with van der Waals surface area (Å²) in [5, 5.41) is 0. The van der Waals surface area contributed by atoms with E-state index < -0.39 is 0 Å². The Balaban J connectivity index is 1.84. The third kappa shape index (κ3) is 4.42. The molecule has 0 radical (unpaired) electrons. The summed E-state index contributed by atoms with van der Waals surface area (Å²) in [4.78, 5) is 26.4. The number of anilines is 1. The average molecular weight is 379 g/mol. The molecule has 0 atom stereocenters. The van der Waals surface area contributed by atoms with Gasteiger partial charge in [0.05, 0.1) is 13.2 Å². The first-order chi connectivity index (χ1) is 13.5. The first-order valence-corrected chi connectivity index (χ1v) is 9.46. The molecule has 1 amide bonds. The molecule has 1 aliphatic rings. The van der Waals surface area contributed by atoms with Crippen molar-refractivity contribution in [3.05, 3.63) is 59.7 Å². The third-order valence-corrected chi connectivity index (χ3v) is 4.51. The highest BCUT2D eigenvalue weighted by Gasteiger charge is 2.22. The number of nitrogens with zero attached hydrogens (tertiary/aromatic N) is 1. The second-order valence-electron chi connectivity index (χ2n) is 6.94. The summed E-state index contributed by atoms with van der Waals surface area (Å²) < 4.78 is 11.3. The van der Waals surface area contributed by atoms with Crippen LogP contribution in [0, 0.1) is 0 Å². The summed E-state index contributed by atoms with van der Waals surface area (Å²) in [6, 6.07) is 12.8. The van der Waals surface area contributed by atoms with Crippen molar-refractivity contribution in [2.75, 3.05) is 18.6 Å². The van der Waals surface area contributed by atoms with Crippen molar-refractivity contribution >= 4 is 23.5 Å². The van der Waals surface area contributed by atoms with E-state index in [4.69, 9.17) is 9.47 Å². The Bertz CT molecular complexity index is 901. The van der Waals surface area contributed by atoms with Crippen molar-refractivity contribution in [1.82, 2.24) is 0 Å². The van der Waals surface area contributed by atoms with Gasteiger partial charge in [0.15, 0.2) is 17.3 Å². The molecule has 3 rings (SSSR count). The molecule has 0 bridgehead atoms. The van der Waals surface area contributed by atoms with Crippen molar-refractivity contribution in [2.45, 2.75) is 32.8 Å². The SMILES string of the molecule is COc1cccc(/C=C/C(=O)c2cccc(N3CCCC3=O)c2)c1OC(C)C. The Labute approximate surface area is 165 Å². The maximum absolute atomic E-state index is 12.7. The van der Waals surface area contributed by atoms with E-state index in [1.165, 1.54) is 6.08 Å². The van der Waals surface area contributed by atoms with Crippen LogP contribution in [0.3, 0.4) is 0 Å². The molecule has 2 aromatic rings. The van der Waals surface area contributed by atoms with Crippen molar-refractivity contribution in [3.63, 3.8) is 0 Å². The summed E-state index contributed by atoms with van der Waals surface area (Å²) >= 11 is 0. The van der Waals surface area contributed by atoms with Gasteiger partial charge < -0.3 is 14.4 Å².